The summed E-state index contributed by atoms with van der Waals surface area (Å²) in [6.07, 6.45) is 17.0. The normalized spacial score (nSPS) is 11.2. The maximum atomic E-state index is 11.2. The van der Waals surface area contributed by atoms with Crippen molar-refractivity contribution in [3.05, 3.63) is 12.2 Å². The van der Waals surface area contributed by atoms with Gasteiger partial charge in [0.05, 0.1) is 0 Å². The van der Waals surface area contributed by atoms with E-state index in [9.17, 15) is 4.79 Å². The molecule has 0 radical (unpaired) electrons. The summed E-state index contributed by atoms with van der Waals surface area (Å²) in [5, 5.41) is 0.202. The van der Waals surface area contributed by atoms with Gasteiger partial charge in [0.2, 0.25) is 5.12 Å². The average molecular weight is 270 g/mol. The topological polar surface area (TPSA) is 17.1 Å². The van der Waals surface area contributed by atoms with Gasteiger partial charge in [0.15, 0.2) is 0 Å². The van der Waals surface area contributed by atoms with Gasteiger partial charge in [0.1, 0.15) is 0 Å². The van der Waals surface area contributed by atoms with Crippen LogP contribution >= 0.6 is 11.8 Å². The SMILES string of the molecule is C/C=C/C(=O)SCCCCCCCCCCCC. The fourth-order valence-corrected chi connectivity index (χ4v) is 2.73. The standard InChI is InChI=1S/C16H30OS/c1-3-5-6-7-8-9-10-11-12-13-15-18-16(17)14-4-2/h4,14H,3,5-13,15H2,1-2H3/b14-4+. The van der Waals surface area contributed by atoms with Crippen LogP contribution in [0.1, 0.15) is 78.1 Å². The van der Waals surface area contributed by atoms with Crippen molar-refractivity contribution >= 4 is 16.9 Å². The summed E-state index contributed by atoms with van der Waals surface area (Å²) < 4.78 is 0. The van der Waals surface area contributed by atoms with E-state index in [1.807, 2.05) is 13.0 Å². The second kappa shape index (κ2) is 14.8. The molecule has 18 heavy (non-hydrogen) atoms. The van der Waals surface area contributed by atoms with Gasteiger partial charge in [-0.2, -0.15) is 0 Å². The zero-order chi connectivity index (χ0) is 13.5. The molecule has 0 aliphatic heterocycles. The lowest BCUT2D eigenvalue weighted by atomic mass is 10.1. The van der Waals surface area contributed by atoms with Crippen LogP contribution in [0.25, 0.3) is 0 Å². The monoisotopic (exact) mass is 270 g/mol. The van der Waals surface area contributed by atoms with Crippen LogP contribution in [0.2, 0.25) is 0 Å². The van der Waals surface area contributed by atoms with Crippen molar-refractivity contribution < 1.29 is 4.79 Å². The minimum atomic E-state index is 0.202. The Morgan fingerprint density at radius 3 is 1.89 bits per heavy atom. The van der Waals surface area contributed by atoms with Crippen molar-refractivity contribution in [2.75, 3.05) is 5.75 Å². The Labute approximate surface area is 118 Å². The van der Waals surface area contributed by atoms with Crippen LogP contribution < -0.4 is 0 Å². The van der Waals surface area contributed by atoms with E-state index in [1.54, 1.807) is 6.08 Å². The highest BCUT2D eigenvalue weighted by Gasteiger charge is 1.97. The molecule has 0 unspecified atom stereocenters. The van der Waals surface area contributed by atoms with Crippen LogP contribution in [0.3, 0.4) is 0 Å². The molecule has 0 saturated carbocycles. The Balaban J connectivity index is 3.05. The quantitative estimate of drug-likeness (QED) is 0.332. The molecule has 2 heteroatoms. The number of carbonyl (C=O) groups is 1. The van der Waals surface area contributed by atoms with E-state index in [0.29, 0.717) is 0 Å². The summed E-state index contributed by atoms with van der Waals surface area (Å²) in [5.74, 6) is 0.986. The van der Waals surface area contributed by atoms with Crippen LogP contribution in [-0.2, 0) is 4.79 Å². The summed E-state index contributed by atoms with van der Waals surface area (Å²) in [7, 11) is 0. The molecular formula is C16H30OS. The van der Waals surface area contributed by atoms with Crippen molar-refractivity contribution in [3.63, 3.8) is 0 Å². The molecule has 0 aliphatic carbocycles. The third-order valence-electron chi connectivity index (χ3n) is 3.04. The second-order valence-electron chi connectivity index (χ2n) is 4.85. The maximum absolute atomic E-state index is 11.2. The number of hydrogen-bond donors (Lipinski definition) is 0. The number of unbranched alkanes of at least 4 members (excludes halogenated alkanes) is 9. The summed E-state index contributed by atoms with van der Waals surface area (Å²) in [6, 6.07) is 0. The summed E-state index contributed by atoms with van der Waals surface area (Å²) in [6.45, 7) is 4.15. The average Bonchev–Trinajstić information content (AvgIpc) is 2.36. The Morgan fingerprint density at radius 2 is 1.39 bits per heavy atom. The Hall–Kier alpha value is -0.240. The molecule has 0 aromatic rings. The van der Waals surface area contributed by atoms with Crippen LogP contribution in [0.15, 0.2) is 12.2 Å². The van der Waals surface area contributed by atoms with Crippen LogP contribution in [0.5, 0.6) is 0 Å². The van der Waals surface area contributed by atoms with E-state index in [2.05, 4.69) is 6.92 Å². The minimum absolute atomic E-state index is 0.202. The molecule has 0 saturated heterocycles. The van der Waals surface area contributed by atoms with E-state index < -0.39 is 0 Å². The van der Waals surface area contributed by atoms with Crippen molar-refractivity contribution in [3.8, 4) is 0 Å². The molecule has 0 bridgehead atoms. The fourth-order valence-electron chi connectivity index (χ4n) is 1.95. The number of rotatable bonds is 12. The lowest BCUT2D eigenvalue weighted by Crippen LogP contribution is -1.89. The molecule has 0 amide bonds. The lowest BCUT2D eigenvalue weighted by molar-refractivity contribution is -0.107. The lowest BCUT2D eigenvalue weighted by Gasteiger charge is -2.01. The first-order chi connectivity index (χ1) is 8.81. The van der Waals surface area contributed by atoms with Crippen molar-refractivity contribution in [2.24, 2.45) is 0 Å². The fraction of sp³-hybridized carbons (Fsp3) is 0.812. The van der Waals surface area contributed by atoms with Gasteiger partial charge in [-0.15, -0.1) is 0 Å². The zero-order valence-electron chi connectivity index (χ0n) is 12.2. The summed E-state index contributed by atoms with van der Waals surface area (Å²) >= 11 is 1.45. The van der Waals surface area contributed by atoms with Gasteiger partial charge in [-0.1, -0.05) is 82.5 Å². The molecule has 106 valence electrons. The third kappa shape index (κ3) is 13.8. The molecule has 0 atom stereocenters. The van der Waals surface area contributed by atoms with Crippen LogP contribution in [0, 0.1) is 0 Å². The predicted molar refractivity (Wildman–Crippen MR) is 84.1 cm³/mol. The van der Waals surface area contributed by atoms with Gasteiger partial charge < -0.3 is 0 Å². The largest absolute Gasteiger partial charge is 0.282 e. The Kier molecular flexibility index (Phi) is 14.6. The molecule has 0 fully saturated rings. The Bertz CT molecular complexity index is 211. The molecule has 0 aliphatic rings. The second-order valence-corrected chi connectivity index (χ2v) is 5.95. The first-order valence-corrected chi connectivity index (χ1v) is 8.59. The molecule has 0 spiro atoms. The molecule has 0 aromatic heterocycles. The molecule has 0 aromatic carbocycles. The highest BCUT2D eigenvalue weighted by molar-refractivity contribution is 8.14. The first kappa shape index (κ1) is 17.8. The molecule has 0 N–H and O–H groups in total. The van der Waals surface area contributed by atoms with Crippen molar-refractivity contribution in [2.45, 2.75) is 78.1 Å². The van der Waals surface area contributed by atoms with Crippen LogP contribution in [0.4, 0.5) is 0 Å². The highest BCUT2D eigenvalue weighted by Crippen LogP contribution is 2.12. The summed E-state index contributed by atoms with van der Waals surface area (Å²) in [5.41, 5.74) is 0. The van der Waals surface area contributed by atoms with Gasteiger partial charge in [0, 0.05) is 5.75 Å². The van der Waals surface area contributed by atoms with Gasteiger partial charge >= 0.3 is 0 Å². The molecular weight excluding hydrogens is 240 g/mol. The van der Waals surface area contributed by atoms with Gasteiger partial charge in [-0.25, -0.2) is 0 Å². The van der Waals surface area contributed by atoms with Gasteiger partial charge in [0.25, 0.3) is 0 Å². The molecule has 1 nitrogen and oxygen atoms in total. The van der Waals surface area contributed by atoms with E-state index in [4.69, 9.17) is 0 Å². The van der Waals surface area contributed by atoms with E-state index in [-0.39, 0.29) is 5.12 Å². The van der Waals surface area contributed by atoms with E-state index in [1.165, 1.54) is 76.0 Å². The zero-order valence-corrected chi connectivity index (χ0v) is 13.1. The number of hydrogen-bond acceptors (Lipinski definition) is 2. The minimum Gasteiger partial charge on any atom is -0.282 e. The van der Waals surface area contributed by atoms with E-state index >= 15 is 0 Å². The summed E-state index contributed by atoms with van der Waals surface area (Å²) in [4.78, 5) is 11.2. The molecule has 0 heterocycles. The van der Waals surface area contributed by atoms with E-state index in [0.717, 1.165) is 5.75 Å². The predicted octanol–water partition coefficient (Wildman–Crippen LogP) is 5.74. The number of thioether (sulfide) groups is 1. The van der Waals surface area contributed by atoms with Crippen LogP contribution in [-0.4, -0.2) is 10.9 Å². The van der Waals surface area contributed by atoms with Crippen molar-refractivity contribution in [1.29, 1.82) is 0 Å². The van der Waals surface area contributed by atoms with Gasteiger partial charge in [-0.05, 0) is 19.4 Å². The maximum Gasteiger partial charge on any atom is 0.211 e. The number of carbonyl (C=O) groups excluding carboxylic acids is 1. The van der Waals surface area contributed by atoms with Gasteiger partial charge in [-0.3, -0.25) is 4.79 Å². The third-order valence-corrected chi connectivity index (χ3v) is 3.96. The smallest absolute Gasteiger partial charge is 0.211 e. The number of allylic oxidation sites excluding steroid dienone is 1. The molecule has 0 rings (SSSR count). The highest BCUT2D eigenvalue weighted by atomic mass is 32.2. The Morgan fingerprint density at radius 1 is 0.889 bits per heavy atom. The first-order valence-electron chi connectivity index (χ1n) is 7.60. The van der Waals surface area contributed by atoms with Crippen molar-refractivity contribution in [1.82, 2.24) is 0 Å².